The largest absolute Gasteiger partial charge is 0.380 e. The first kappa shape index (κ1) is 19.5. The van der Waals surface area contributed by atoms with Crippen molar-refractivity contribution in [2.75, 3.05) is 38.2 Å². The molecule has 158 valence electrons. The van der Waals surface area contributed by atoms with Crippen LogP contribution < -0.4 is 10.2 Å². The average molecular weight is 427 g/mol. The maximum absolute atomic E-state index is 13.6. The highest BCUT2D eigenvalue weighted by molar-refractivity contribution is 7.90. The molecule has 2 fully saturated rings. The number of nitrogens with zero attached hydrogens (tertiary/aromatic N) is 3. The van der Waals surface area contributed by atoms with E-state index in [1.165, 1.54) is 3.97 Å². The highest BCUT2D eigenvalue weighted by atomic mass is 32.2. The minimum atomic E-state index is -3.75. The topological polar surface area (TPSA) is 76.5 Å². The predicted octanol–water partition coefficient (Wildman–Crippen LogP) is 2.58. The molecular weight excluding hydrogens is 400 g/mol. The Labute approximate surface area is 176 Å². The molecule has 0 amide bonds. The molecule has 2 aliphatic rings. The van der Waals surface area contributed by atoms with Gasteiger partial charge in [-0.2, -0.15) is 0 Å². The Morgan fingerprint density at radius 1 is 1.20 bits per heavy atom. The fourth-order valence-electron chi connectivity index (χ4n) is 4.58. The van der Waals surface area contributed by atoms with Crippen molar-refractivity contribution in [3.8, 4) is 0 Å². The lowest BCUT2D eigenvalue weighted by Crippen LogP contribution is -2.22. The van der Waals surface area contributed by atoms with E-state index >= 15 is 0 Å². The van der Waals surface area contributed by atoms with Crippen LogP contribution in [-0.2, 0) is 14.8 Å². The van der Waals surface area contributed by atoms with Gasteiger partial charge >= 0.3 is 0 Å². The molecule has 2 saturated heterocycles. The van der Waals surface area contributed by atoms with Crippen LogP contribution in [-0.4, -0.2) is 56.8 Å². The van der Waals surface area contributed by atoms with E-state index in [1.807, 2.05) is 18.2 Å². The van der Waals surface area contributed by atoms with Crippen LogP contribution in [0.15, 0.2) is 53.7 Å². The van der Waals surface area contributed by atoms with E-state index in [4.69, 9.17) is 4.74 Å². The first-order chi connectivity index (χ1) is 14.6. The minimum Gasteiger partial charge on any atom is -0.380 e. The molecule has 1 unspecified atom stereocenters. The summed E-state index contributed by atoms with van der Waals surface area (Å²) in [4.78, 5) is 6.98. The number of ether oxygens (including phenoxy) is 1. The molecule has 0 spiro atoms. The summed E-state index contributed by atoms with van der Waals surface area (Å²) in [6.45, 7) is 3.42. The third kappa shape index (κ3) is 3.29. The lowest BCUT2D eigenvalue weighted by Gasteiger charge is -2.19. The van der Waals surface area contributed by atoms with Gasteiger partial charge in [0.2, 0.25) is 0 Å². The number of methoxy groups -OCH3 is 1. The summed E-state index contributed by atoms with van der Waals surface area (Å²) in [5, 5.41) is 3.36. The Morgan fingerprint density at radius 3 is 2.87 bits per heavy atom. The minimum absolute atomic E-state index is 0.187. The van der Waals surface area contributed by atoms with Gasteiger partial charge in [0, 0.05) is 56.3 Å². The summed E-state index contributed by atoms with van der Waals surface area (Å²) in [6, 6.07) is 10.8. The Balaban J connectivity index is 1.56. The van der Waals surface area contributed by atoms with Gasteiger partial charge in [-0.1, -0.05) is 6.07 Å². The zero-order chi connectivity index (χ0) is 20.7. The number of benzene rings is 1. The molecule has 7 nitrogen and oxygen atoms in total. The van der Waals surface area contributed by atoms with E-state index in [9.17, 15) is 8.42 Å². The first-order valence-electron chi connectivity index (χ1n) is 10.4. The molecule has 0 aliphatic carbocycles. The van der Waals surface area contributed by atoms with Gasteiger partial charge in [-0.3, -0.25) is 4.98 Å². The Bertz CT molecular complexity index is 1170. The van der Waals surface area contributed by atoms with Gasteiger partial charge in [-0.15, -0.1) is 0 Å². The van der Waals surface area contributed by atoms with E-state index < -0.39 is 10.0 Å². The van der Waals surface area contributed by atoms with Crippen molar-refractivity contribution in [2.24, 2.45) is 0 Å². The van der Waals surface area contributed by atoms with Crippen molar-refractivity contribution in [2.45, 2.75) is 29.8 Å². The number of anilines is 1. The molecule has 2 atom stereocenters. The molecule has 5 rings (SSSR count). The molecule has 30 heavy (non-hydrogen) atoms. The van der Waals surface area contributed by atoms with Crippen molar-refractivity contribution < 1.29 is 13.2 Å². The molecule has 8 heteroatoms. The van der Waals surface area contributed by atoms with Crippen LogP contribution in [0.3, 0.4) is 0 Å². The fourth-order valence-corrected chi connectivity index (χ4v) is 5.99. The predicted molar refractivity (Wildman–Crippen MR) is 117 cm³/mol. The zero-order valence-corrected chi connectivity index (χ0v) is 17.8. The Hall–Kier alpha value is -2.42. The second-order valence-corrected chi connectivity index (χ2v) is 9.85. The molecule has 0 radical (unpaired) electrons. The van der Waals surface area contributed by atoms with Crippen LogP contribution in [0.4, 0.5) is 5.69 Å². The van der Waals surface area contributed by atoms with Crippen LogP contribution in [0.5, 0.6) is 0 Å². The highest BCUT2D eigenvalue weighted by Gasteiger charge is 2.28. The molecule has 1 N–H and O–H groups in total. The standard InChI is InChI=1S/C22H26N4O3S/c1-29-18-8-11-25(14-18)17-4-2-5-19(12-17)30(27,28)26-15-20(16-7-10-23-13-16)22-21(26)6-3-9-24-22/h2-6,9,12,15-16,18,23H,7-8,10-11,13-14H2,1H3/t16-,18?/m1/s1. The normalized spacial score (nSPS) is 22.2. The highest BCUT2D eigenvalue weighted by Crippen LogP contribution is 2.33. The summed E-state index contributed by atoms with van der Waals surface area (Å²) >= 11 is 0. The third-order valence-electron chi connectivity index (χ3n) is 6.27. The maximum atomic E-state index is 13.6. The summed E-state index contributed by atoms with van der Waals surface area (Å²) < 4.78 is 34.1. The van der Waals surface area contributed by atoms with Gasteiger partial charge in [-0.25, -0.2) is 12.4 Å². The Morgan fingerprint density at radius 2 is 2.10 bits per heavy atom. The van der Waals surface area contributed by atoms with E-state index in [0.717, 1.165) is 55.8 Å². The van der Waals surface area contributed by atoms with E-state index in [0.29, 0.717) is 5.52 Å². The van der Waals surface area contributed by atoms with Crippen LogP contribution >= 0.6 is 0 Å². The van der Waals surface area contributed by atoms with Gasteiger partial charge < -0.3 is 15.0 Å². The van der Waals surface area contributed by atoms with Crippen molar-refractivity contribution >= 4 is 26.7 Å². The quantitative estimate of drug-likeness (QED) is 0.676. The number of rotatable bonds is 5. The molecule has 4 heterocycles. The Kier molecular flexibility index (Phi) is 5.00. The van der Waals surface area contributed by atoms with Crippen LogP contribution in [0.2, 0.25) is 0 Å². The van der Waals surface area contributed by atoms with Crippen LogP contribution in [0.1, 0.15) is 24.3 Å². The van der Waals surface area contributed by atoms with Gasteiger partial charge in [0.1, 0.15) is 0 Å². The van der Waals surface area contributed by atoms with Crippen molar-refractivity contribution in [1.29, 1.82) is 0 Å². The first-order valence-corrected chi connectivity index (χ1v) is 11.8. The number of fused-ring (bicyclic) bond motifs is 1. The number of hydrogen-bond donors (Lipinski definition) is 1. The van der Waals surface area contributed by atoms with Gasteiger partial charge in [-0.05, 0) is 49.7 Å². The second-order valence-electron chi connectivity index (χ2n) is 8.04. The monoisotopic (exact) mass is 426 g/mol. The van der Waals surface area contributed by atoms with E-state index in [1.54, 1.807) is 37.7 Å². The van der Waals surface area contributed by atoms with Crippen molar-refractivity contribution in [3.05, 3.63) is 54.4 Å². The molecule has 3 aromatic rings. The molecule has 0 bridgehead atoms. The molecular formula is C22H26N4O3S. The van der Waals surface area contributed by atoms with E-state index in [2.05, 4.69) is 15.2 Å². The molecule has 2 aromatic heterocycles. The smallest absolute Gasteiger partial charge is 0.268 e. The number of hydrogen-bond acceptors (Lipinski definition) is 6. The molecule has 1 aromatic carbocycles. The average Bonchev–Trinajstić information content (AvgIpc) is 3.53. The summed E-state index contributed by atoms with van der Waals surface area (Å²) in [5.74, 6) is 0.278. The number of pyridine rings is 1. The summed E-state index contributed by atoms with van der Waals surface area (Å²) in [7, 11) is -2.03. The third-order valence-corrected chi connectivity index (χ3v) is 7.94. The van der Waals surface area contributed by atoms with Crippen molar-refractivity contribution in [1.82, 2.24) is 14.3 Å². The van der Waals surface area contributed by atoms with Gasteiger partial charge in [0.15, 0.2) is 0 Å². The SMILES string of the molecule is COC1CCN(c2cccc(S(=O)(=O)n3cc([C@@H]4CCNC4)c4ncccc43)c2)C1. The zero-order valence-electron chi connectivity index (χ0n) is 17.0. The van der Waals surface area contributed by atoms with E-state index in [-0.39, 0.29) is 16.9 Å². The fraction of sp³-hybridized carbons (Fsp3) is 0.409. The molecule has 0 saturated carbocycles. The van der Waals surface area contributed by atoms with Crippen molar-refractivity contribution in [3.63, 3.8) is 0 Å². The lowest BCUT2D eigenvalue weighted by atomic mass is 10.0. The number of nitrogens with one attached hydrogen (secondary N) is 1. The maximum Gasteiger partial charge on any atom is 0.268 e. The second kappa shape index (κ2) is 7.68. The summed E-state index contributed by atoms with van der Waals surface area (Å²) in [6.07, 6.45) is 5.62. The van der Waals surface area contributed by atoms with Crippen LogP contribution in [0.25, 0.3) is 11.0 Å². The molecule has 2 aliphatic heterocycles. The lowest BCUT2D eigenvalue weighted by molar-refractivity contribution is 0.121. The van der Waals surface area contributed by atoms with Gasteiger partial charge in [0.05, 0.1) is 22.0 Å². The van der Waals surface area contributed by atoms with Gasteiger partial charge in [0.25, 0.3) is 10.0 Å². The van der Waals surface area contributed by atoms with Crippen LogP contribution in [0, 0.1) is 0 Å². The number of aromatic nitrogens is 2. The summed E-state index contributed by atoms with van der Waals surface area (Å²) in [5.41, 5.74) is 3.31.